The van der Waals surface area contributed by atoms with Gasteiger partial charge in [0.15, 0.2) is 0 Å². The Hall–Kier alpha value is -0.550. The summed E-state index contributed by atoms with van der Waals surface area (Å²) in [6.45, 7) is 0. The molecule has 0 spiro atoms. The summed E-state index contributed by atoms with van der Waals surface area (Å²) in [5.41, 5.74) is 0. The average molecular weight is 195 g/mol. The highest BCUT2D eigenvalue weighted by Crippen LogP contribution is 2.12. The van der Waals surface area contributed by atoms with Gasteiger partial charge in [-0.15, -0.1) is 0 Å². The van der Waals surface area contributed by atoms with E-state index in [1.807, 2.05) is 0 Å². The number of hydrogen-bond donors (Lipinski definition) is 0. The van der Waals surface area contributed by atoms with E-state index < -0.39 is 9.84 Å². The van der Waals surface area contributed by atoms with E-state index in [2.05, 4.69) is 4.98 Å². The molecule has 0 saturated carbocycles. The summed E-state index contributed by atoms with van der Waals surface area (Å²) in [6, 6.07) is 0. The van der Waals surface area contributed by atoms with Crippen LogP contribution in [0, 0.1) is 0 Å². The number of sulfone groups is 1. The fourth-order valence-corrected chi connectivity index (χ4v) is 1.74. The Morgan fingerprint density at radius 3 is 2.36 bits per heavy atom. The number of hydrogen-bond acceptors (Lipinski definition) is 3. The fourth-order valence-electron chi connectivity index (χ4n) is 0.718. The van der Waals surface area contributed by atoms with E-state index in [0.717, 1.165) is 6.26 Å². The van der Waals surface area contributed by atoms with Crippen molar-refractivity contribution in [3.8, 4) is 0 Å². The zero-order valence-electron chi connectivity index (χ0n) is 6.07. The molecule has 0 aliphatic rings. The Morgan fingerprint density at radius 1 is 1.64 bits per heavy atom. The third-order valence-electron chi connectivity index (χ3n) is 1.22. The van der Waals surface area contributed by atoms with Crippen LogP contribution in [-0.2, 0) is 16.9 Å². The van der Waals surface area contributed by atoms with Crippen LogP contribution in [0.4, 0.5) is 0 Å². The maximum atomic E-state index is 10.9. The number of aromatic nitrogens is 2. The van der Waals surface area contributed by atoms with Crippen LogP contribution < -0.4 is 0 Å². The number of rotatable bonds is 1. The highest BCUT2D eigenvalue weighted by molar-refractivity contribution is 7.90. The van der Waals surface area contributed by atoms with Crippen LogP contribution in [0.15, 0.2) is 11.4 Å². The highest BCUT2D eigenvalue weighted by atomic mass is 35.5. The van der Waals surface area contributed by atoms with E-state index in [-0.39, 0.29) is 5.16 Å². The predicted octanol–water partition coefficient (Wildman–Crippen LogP) is 0.477. The summed E-state index contributed by atoms with van der Waals surface area (Å²) in [5.74, 6) is 0. The number of nitrogens with zero attached hydrogens (tertiary/aromatic N) is 2. The molecule has 1 aromatic rings. The molecule has 1 heterocycles. The monoisotopic (exact) mass is 194 g/mol. The molecule has 0 atom stereocenters. The van der Waals surface area contributed by atoms with Crippen molar-refractivity contribution in [3.63, 3.8) is 0 Å². The summed E-state index contributed by atoms with van der Waals surface area (Å²) in [4.78, 5) is 3.63. The molecular weight excluding hydrogens is 188 g/mol. The normalized spacial score (nSPS) is 11.9. The van der Waals surface area contributed by atoms with Gasteiger partial charge in [0.1, 0.15) is 5.15 Å². The molecule has 0 unspecified atom stereocenters. The Bertz CT molecular complexity index is 368. The van der Waals surface area contributed by atoms with Crippen molar-refractivity contribution < 1.29 is 8.42 Å². The zero-order valence-corrected chi connectivity index (χ0v) is 7.65. The van der Waals surface area contributed by atoms with Crippen LogP contribution in [0.5, 0.6) is 0 Å². The van der Waals surface area contributed by atoms with Crippen molar-refractivity contribution in [2.75, 3.05) is 6.26 Å². The lowest BCUT2D eigenvalue weighted by molar-refractivity contribution is 0.585. The first kappa shape index (κ1) is 8.55. The zero-order chi connectivity index (χ0) is 8.65. The summed E-state index contributed by atoms with van der Waals surface area (Å²) >= 11 is 5.57. The number of halogens is 1. The minimum Gasteiger partial charge on any atom is -0.309 e. The first-order valence-corrected chi connectivity index (χ1v) is 5.07. The van der Waals surface area contributed by atoms with E-state index in [4.69, 9.17) is 11.6 Å². The van der Waals surface area contributed by atoms with Crippen LogP contribution in [0.3, 0.4) is 0 Å². The van der Waals surface area contributed by atoms with Gasteiger partial charge in [0.2, 0.25) is 15.0 Å². The molecule has 11 heavy (non-hydrogen) atoms. The van der Waals surface area contributed by atoms with Crippen LogP contribution in [0.2, 0.25) is 5.15 Å². The van der Waals surface area contributed by atoms with Gasteiger partial charge in [-0.25, -0.2) is 13.4 Å². The Morgan fingerprint density at radius 2 is 2.18 bits per heavy atom. The van der Waals surface area contributed by atoms with Gasteiger partial charge in [-0.2, -0.15) is 0 Å². The van der Waals surface area contributed by atoms with Gasteiger partial charge in [0.25, 0.3) is 0 Å². The van der Waals surface area contributed by atoms with Gasteiger partial charge in [-0.05, 0) is 0 Å². The summed E-state index contributed by atoms with van der Waals surface area (Å²) in [7, 11) is -1.70. The van der Waals surface area contributed by atoms with Crippen LogP contribution in [0.25, 0.3) is 0 Å². The van der Waals surface area contributed by atoms with Gasteiger partial charge in [0, 0.05) is 13.3 Å². The molecule has 0 amide bonds. The molecule has 0 aliphatic heterocycles. The highest BCUT2D eigenvalue weighted by Gasteiger charge is 2.14. The summed E-state index contributed by atoms with van der Waals surface area (Å²) in [5, 5.41) is 0.299. The summed E-state index contributed by atoms with van der Waals surface area (Å²) < 4.78 is 23.2. The van der Waals surface area contributed by atoms with E-state index >= 15 is 0 Å². The van der Waals surface area contributed by atoms with Gasteiger partial charge < -0.3 is 4.57 Å². The predicted molar refractivity (Wildman–Crippen MR) is 41.3 cm³/mol. The van der Waals surface area contributed by atoms with Gasteiger partial charge in [0.05, 0.1) is 6.20 Å². The van der Waals surface area contributed by atoms with Gasteiger partial charge in [-0.3, -0.25) is 0 Å². The standard InChI is InChI=1S/C5H7ClN2O2S/c1-8-4(6)3-7-5(8)11(2,9)10/h3H,1-2H3. The van der Waals surface area contributed by atoms with E-state index in [0.29, 0.717) is 5.15 Å². The molecule has 62 valence electrons. The topological polar surface area (TPSA) is 52.0 Å². The molecule has 0 radical (unpaired) electrons. The molecule has 1 rings (SSSR count). The Kier molecular flexibility index (Phi) is 1.94. The minimum atomic E-state index is -3.25. The largest absolute Gasteiger partial charge is 0.309 e. The van der Waals surface area contributed by atoms with E-state index in [9.17, 15) is 8.42 Å². The van der Waals surface area contributed by atoms with Crippen LogP contribution in [0.1, 0.15) is 0 Å². The molecule has 0 N–H and O–H groups in total. The van der Waals surface area contributed by atoms with Crippen molar-refractivity contribution in [2.45, 2.75) is 5.16 Å². The summed E-state index contributed by atoms with van der Waals surface area (Å²) in [6.07, 6.45) is 2.39. The fraction of sp³-hybridized carbons (Fsp3) is 0.400. The van der Waals surface area contributed by atoms with E-state index in [1.54, 1.807) is 7.05 Å². The van der Waals surface area contributed by atoms with E-state index in [1.165, 1.54) is 10.8 Å². The van der Waals surface area contributed by atoms with Crippen LogP contribution >= 0.6 is 11.6 Å². The third-order valence-corrected chi connectivity index (χ3v) is 2.61. The first-order valence-electron chi connectivity index (χ1n) is 2.80. The molecule has 0 aromatic carbocycles. The molecule has 0 bridgehead atoms. The van der Waals surface area contributed by atoms with Gasteiger partial charge >= 0.3 is 0 Å². The first-order chi connectivity index (χ1) is 4.93. The molecule has 1 aromatic heterocycles. The smallest absolute Gasteiger partial charge is 0.228 e. The molecule has 6 heteroatoms. The Balaban J connectivity index is 3.38. The average Bonchev–Trinajstić information content (AvgIpc) is 2.11. The lowest BCUT2D eigenvalue weighted by Crippen LogP contribution is -2.05. The lowest BCUT2D eigenvalue weighted by atomic mass is 10.9. The second kappa shape index (κ2) is 2.49. The molecule has 0 fully saturated rings. The van der Waals surface area contributed by atoms with Crippen molar-refractivity contribution in [3.05, 3.63) is 11.3 Å². The molecular formula is C5H7ClN2O2S. The maximum Gasteiger partial charge on any atom is 0.228 e. The Labute approximate surface area is 69.7 Å². The van der Waals surface area contributed by atoms with Crippen molar-refractivity contribution >= 4 is 21.4 Å². The molecule has 4 nitrogen and oxygen atoms in total. The SMILES string of the molecule is Cn1c(Cl)cnc1S(C)(=O)=O. The second-order valence-corrected chi connectivity index (χ2v) is 4.49. The lowest BCUT2D eigenvalue weighted by Gasteiger charge is -1.97. The third kappa shape index (κ3) is 1.54. The van der Waals surface area contributed by atoms with Crippen LogP contribution in [-0.4, -0.2) is 24.2 Å². The maximum absolute atomic E-state index is 10.9. The molecule has 0 aliphatic carbocycles. The quantitative estimate of drug-likeness (QED) is 0.654. The van der Waals surface area contributed by atoms with Crippen molar-refractivity contribution in [1.82, 2.24) is 9.55 Å². The minimum absolute atomic E-state index is 0.0116. The number of imidazole rings is 1. The molecule has 0 saturated heterocycles. The van der Waals surface area contributed by atoms with Crippen molar-refractivity contribution in [1.29, 1.82) is 0 Å². The second-order valence-electron chi connectivity index (χ2n) is 2.19. The van der Waals surface area contributed by atoms with Crippen molar-refractivity contribution in [2.24, 2.45) is 7.05 Å². The van der Waals surface area contributed by atoms with Gasteiger partial charge in [-0.1, -0.05) is 11.6 Å².